The van der Waals surface area contributed by atoms with E-state index in [2.05, 4.69) is 0 Å². The molecule has 0 aromatic carbocycles. The molecule has 4 N–H and O–H groups in total. The number of unbranched alkanes of at least 4 members (excludes halogenated alkanes) is 13. The fourth-order valence-corrected chi connectivity index (χ4v) is 4.57. The van der Waals surface area contributed by atoms with Crippen molar-refractivity contribution in [1.29, 1.82) is 0 Å². The van der Waals surface area contributed by atoms with Crippen LogP contribution in [0.5, 0.6) is 0 Å². The van der Waals surface area contributed by atoms with Crippen molar-refractivity contribution in [1.82, 2.24) is 0 Å². The van der Waals surface area contributed by atoms with E-state index in [1.165, 1.54) is 64.9 Å². The van der Waals surface area contributed by atoms with Gasteiger partial charge in [-0.05, 0) is 19.8 Å². The van der Waals surface area contributed by atoms with Gasteiger partial charge < -0.3 is 29.9 Å². The van der Waals surface area contributed by atoms with Crippen molar-refractivity contribution >= 4 is 5.97 Å². The predicted octanol–water partition coefficient (Wildman–Crippen LogP) is 4.20. The summed E-state index contributed by atoms with van der Waals surface area (Å²) in [4.78, 5) is 10.4. The monoisotopic (exact) mass is 460 g/mol. The molecule has 0 aromatic rings. The molecule has 0 amide bonds. The molecule has 1 aliphatic rings. The molecule has 1 aliphatic heterocycles. The van der Waals surface area contributed by atoms with Gasteiger partial charge in [0.15, 0.2) is 0 Å². The number of aliphatic hydroxyl groups is 3. The lowest BCUT2D eigenvalue weighted by Crippen LogP contribution is -2.60. The zero-order chi connectivity index (χ0) is 23.8. The van der Waals surface area contributed by atoms with Crippen LogP contribution in [-0.4, -0.2) is 70.1 Å². The van der Waals surface area contributed by atoms with E-state index in [-0.39, 0.29) is 0 Å². The van der Waals surface area contributed by atoms with Crippen molar-refractivity contribution < 1.29 is 34.7 Å². The molecule has 7 heteroatoms. The fraction of sp³-hybridized carbons (Fsp3) is 0.960. The highest BCUT2D eigenvalue weighted by Gasteiger charge is 2.45. The average molecular weight is 461 g/mol. The minimum atomic E-state index is -1.05. The Morgan fingerprint density at radius 2 is 1.25 bits per heavy atom. The topological polar surface area (TPSA) is 116 Å². The Kier molecular flexibility index (Phi) is 16.2. The smallest absolute Gasteiger partial charge is 0.303 e. The lowest BCUT2D eigenvalue weighted by molar-refractivity contribution is -0.245. The van der Waals surface area contributed by atoms with Crippen LogP contribution in [0.15, 0.2) is 0 Å². The zero-order valence-corrected chi connectivity index (χ0v) is 20.3. The zero-order valence-electron chi connectivity index (χ0n) is 20.3. The van der Waals surface area contributed by atoms with Crippen molar-refractivity contribution in [3.05, 3.63) is 0 Å². The second-order valence-corrected chi connectivity index (χ2v) is 9.44. The van der Waals surface area contributed by atoms with Crippen molar-refractivity contribution in [3.63, 3.8) is 0 Å². The van der Waals surface area contributed by atoms with Crippen LogP contribution in [0.2, 0.25) is 0 Å². The van der Waals surface area contributed by atoms with E-state index in [9.17, 15) is 20.1 Å². The number of rotatable bonds is 19. The Balaban J connectivity index is 1.94. The van der Waals surface area contributed by atoms with E-state index in [1.807, 2.05) is 0 Å². The number of aliphatic hydroxyl groups excluding tert-OH is 3. The molecule has 1 saturated heterocycles. The first-order valence-corrected chi connectivity index (χ1v) is 12.8. The van der Waals surface area contributed by atoms with Crippen LogP contribution in [0.3, 0.4) is 0 Å². The SMILES string of the molecule is COC1C(O)C(O)C(C)OC1C(O)CCCCCCCCCCCCCCCCC(=O)O. The Labute approximate surface area is 194 Å². The van der Waals surface area contributed by atoms with E-state index >= 15 is 0 Å². The van der Waals surface area contributed by atoms with Crippen LogP contribution in [0.25, 0.3) is 0 Å². The summed E-state index contributed by atoms with van der Waals surface area (Å²) in [6.45, 7) is 1.70. The molecule has 0 spiro atoms. The third-order valence-electron chi connectivity index (χ3n) is 6.65. The number of carboxylic acid groups (broad SMARTS) is 1. The van der Waals surface area contributed by atoms with Gasteiger partial charge in [0.1, 0.15) is 24.4 Å². The molecule has 1 fully saturated rings. The Morgan fingerprint density at radius 1 is 0.812 bits per heavy atom. The third kappa shape index (κ3) is 11.9. The quantitative estimate of drug-likeness (QED) is 0.213. The van der Waals surface area contributed by atoms with Gasteiger partial charge in [-0.3, -0.25) is 4.79 Å². The molecule has 1 rings (SSSR count). The van der Waals surface area contributed by atoms with Gasteiger partial charge in [0.25, 0.3) is 0 Å². The first-order valence-electron chi connectivity index (χ1n) is 12.8. The summed E-state index contributed by atoms with van der Waals surface area (Å²) in [5.74, 6) is -0.686. The maximum atomic E-state index is 10.5. The van der Waals surface area contributed by atoms with Crippen molar-refractivity contribution in [2.24, 2.45) is 0 Å². The standard InChI is InChI=1S/C25H48O7/c1-19-22(29)23(30)25(31-2)24(32-19)20(26)17-15-13-11-9-7-5-3-4-6-8-10-12-14-16-18-21(27)28/h19-20,22-26,29-30H,3-18H2,1-2H3,(H,27,28). The van der Waals surface area contributed by atoms with Gasteiger partial charge in [-0.2, -0.15) is 0 Å². The fourth-order valence-electron chi connectivity index (χ4n) is 4.57. The lowest BCUT2D eigenvalue weighted by atomic mass is 9.90. The van der Waals surface area contributed by atoms with E-state index < -0.39 is 42.6 Å². The number of hydrogen-bond donors (Lipinski definition) is 4. The second-order valence-electron chi connectivity index (χ2n) is 9.44. The minimum absolute atomic E-state index is 0.304. The largest absolute Gasteiger partial charge is 0.481 e. The Morgan fingerprint density at radius 3 is 1.69 bits per heavy atom. The first-order chi connectivity index (χ1) is 15.4. The maximum Gasteiger partial charge on any atom is 0.303 e. The molecule has 190 valence electrons. The normalized spacial score (nSPS) is 26.8. The predicted molar refractivity (Wildman–Crippen MR) is 125 cm³/mol. The Hall–Kier alpha value is -0.730. The highest BCUT2D eigenvalue weighted by molar-refractivity contribution is 5.66. The average Bonchev–Trinajstić information content (AvgIpc) is 2.76. The van der Waals surface area contributed by atoms with E-state index in [0.717, 1.165) is 32.1 Å². The summed E-state index contributed by atoms with van der Waals surface area (Å²) in [5.41, 5.74) is 0. The number of hydrogen-bond acceptors (Lipinski definition) is 6. The molecule has 0 aromatic heterocycles. The van der Waals surface area contributed by atoms with Gasteiger partial charge in [0.05, 0.1) is 12.2 Å². The van der Waals surface area contributed by atoms with Crippen LogP contribution in [-0.2, 0) is 14.3 Å². The van der Waals surface area contributed by atoms with Crippen LogP contribution in [0.4, 0.5) is 0 Å². The summed E-state index contributed by atoms with van der Waals surface area (Å²) >= 11 is 0. The Bertz CT molecular complexity index is 473. The summed E-state index contributed by atoms with van der Waals surface area (Å²) < 4.78 is 11.0. The molecule has 6 atom stereocenters. The van der Waals surface area contributed by atoms with Gasteiger partial charge in [-0.1, -0.05) is 83.5 Å². The number of methoxy groups -OCH3 is 1. The van der Waals surface area contributed by atoms with Crippen molar-refractivity contribution in [3.8, 4) is 0 Å². The number of aliphatic carboxylic acids is 1. The molecule has 6 unspecified atom stereocenters. The highest BCUT2D eigenvalue weighted by atomic mass is 16.6. The molecule has 7 nitrogen and oxygen atoms in total. The van der Waals surface area contributed by atoms with Crippen LogP contribution in [0.1, 0.15) is 110 Å². The third-order valence-corrected chi connectivity index (χ3v) is 6.65. The number of ether oxygens (including phenoxy) is 2. The number of carboxylic acids is 1. The van der Waals surface area contributed by atoms with Gasteiger partial charge >= 0.3 is 5.97 Å². The first kappa shape index (κ1) is 29.3. The summed E-state index contributed by atoms with van der Waals surface area (Å²) in [7, 11) is 1.46. The molecule has 0 aliphatic carbocycles. The van der Waals surface area contributed by atoms with E-state index in [1.54, 1.807) is 6.92 Å². The van der Waals surface area contributed by atoms with E-state index in [0.29, 0.717) is 12.8 Å². The van der Waals surface area contributed by atoms with E-state index in [4.69, 9.17) is 14.6 Å². The number of carbonyl (C=O) groups is 1. The van der Waals surface area contributed by atoms with Crippen molar-refractivity contribution in [2.75, 3.05) is 7.11 Å². The molecule has 32 heavy (non-hydrogen) atoms. The summed E-state index contributed by atoms with van der Waals surface area (Å²) in [6.07, 6.45) is 12.6. The lowest BCUT2D eigenvalue weighted by Gasteiger charge is -2.42. The van der Waals surface area contributed by atoms with Gasteiger partial charge in [0, 0.05) is 13.5 Å². The summed E-state index contributed by atoms with van der Waals surface area (Å²) in [6, 6.07) is 0. The molecule has 0 bridgehead atoms. The molecule has 0 saturated carbocycles. The summed E-state index contributed by atoms with van der Waals surface area (Å²) in [5, 5.41) is 39.2. The van der Waals surface area contributed by atoms with Gasteiger partial charge in [0.2, 0.25) is 0 Å². The van der Waals surface area contributed by atoms with Crippen molar-refractivity contribution in [2.45, 2.75) is 146 Å². The van der Waals surface area contributed by atoms with Crippen LogP contribution in [0, 0.1) is 0 Å². The van der Waals surface area contributed by atoms with Crippen LogP contribution >= 0.6 is 0 Å². The van der Waals surface area contributed by atoms with Gasteiger partial charge in [-0.15, -0.1) is 0 Å². The molecular formula is C25H48O7. The second kappa shape index (κ2) is 17.7. The molecule has 1 heterocycles. The molecule has 0 radical (unpaired) electrons. The van der Waals surface area contributed by atoms with Crippen LogP contribution < -0.4 is 0 Å². The highest BCUT2D eigenvalue weighted by Crippen LogP contribution is 2.27. The minimum Gasteiger partial charge on any atom is -0.481 e. The van der Waals surface area contributed by atoms with Gasteiger partial charge in [-0.25, -0.2) is 0 Å². The maximum absolute atomic E-state index is 10.5. The molecular weight excluding hydrogens is 412 g/mol.